The van der Waals surface area contributed by atoms with Crippen molar-refractivity contribution >= 4 is 17.2 Å². The highest BCUT2D eigenvalue weighted by molar-refractivity contribution is 7.10. The van der Waals surface area contributed by atoms with Gasteiger partial charge in [-0.25, -0.2) is 0 Å². The maximum absolute atomic E-state index is 11.8. The molecule has 1 atom stereocenters. The van der Waals surface area contributed by atoms with E-state index in [2.05, 4.69) is 17.4 Å². The van der Waals surface area contributed by atoms with Crippen LogP contribution in [0.3, 0.4) is 0 Å². The molecule has 0 radical (unpaired) electrons. The number of rotatable bonds is 5. The fourth-order valence-electron chi connectivity index (χ4n) is 1.82. The van der Waals surface area contributed by atoms with Crippen molar-refractivity contribution in [2.24, 2.45) is 0 Å². The minimum Gasteiger partial charge on any atom is -0.349 e. The topological polar surface area (TPSA) is 29.1 Å². The Morgan fingerprint density at radius 3 is 2.67 bits per heavy atom. The van der Waals surface area contributed by atoms with Gasteiger partial charge >= 0.3 is 0 Å². The van der Waals surface area contributed by atoms with Crippen molar-refractivity contribution < 1.29 is 4.79 Å². The van der Waals surface area contributed by atoms with Crippen molar-refractivity contribution in [2.45, 2.75) is 25.8 Å². The summed E-state index contributed by atoms with van der Waals surface area (Å²) >= 11 is 1.67. The van der Waals surface area contributed by atoms with Gasteiger partial charge in [0.15, 0.2) is 0 Å². The molecule has 0 saturated heterocycles. The molecule has 94 valence electrons. The van der Waals surface area contributed by atoms with Gasteiger partial charge in [-0.1, -0.05) is 36.4 Å². The molecule has 0 aliphatic heterocycles. The Morgan fingerprint density at radius 2 is 2.00 bits per heavy atom. The molecule has 2 rings (SSSR count). The van der Waals surface area contributed by atoms with Gasteiger partial charge in [-0.2, -0.15) is 0 Å². The minimum atomic E-state index is 0.105. The van der Waals surface area contributed by atoms with E-state index in [-0.39, 0.29) is 11.9 Å². The zero-order valence-electron chi connectivity index (χ0n) is 10.4. The molecule has 1 heterocycles. The lowest BCUT2D eigenvalue weighted by Crippen LogP contribution is -2.26. The van der Waals surface area contributed by atoms with Crippen molar-refractivity contribution in [3.63, 3.8) is 0 Å². The Labute approximate surface area is 112 Å². The molecule has 0 fully saturated rings. The fourth-order valence-corrected chi connectivity index (χ4v) is 2.56. The van der Waals surface area contributed by atoms with E-state index in [9.17, 15) is 4.79 Å². The van der Waals surface area contributed by atoms with Gasteiger partial charge in [0.25, 0.3) is 0 Å². The molecule has 1 N–H and O–H groups in total. The molecule has 0 bridgehead atoms. The first-order valence-corrected chi connectivity index (χ1v) is 7.00. The van der Waals surface area contributed by atoms with E-state index < -0.39 is 0 Å². The molecule has 2 nitrogen and oxygen atoms in total. The average molecular weight is 259 g/mol. The van der Waals surface area contributed by atoms with Gasteiger partial charge in [-0.05, 0) is 30.4 Å². The molecule has 1 unspecified atom stereocenters. The van der Waals surface area contributed by atoms with Crippen LogP contribution >= 0.6 is 11.3 Å². The monoisotopic (exact) mass is 259 g/mol. The Bertz CT molecular complexity index is 478. The molecule has 0 saturated carbocycles. The average Bonchev–Trinajstić information content (AvgIpc) is 2.91. The summed E-state index contributed by atoms with van der Waals surface area (Å²) in [7, 11) is 0. The van der Waals surface area contributed by atoms with Gasteiger partial charge in [0.05, 0.1) is 6.04 Å². The molecule has 2 aromatic rings. The normalized spacial score (nSPS) is 12.1. The van der Waals surface area contributed by atoms with Crippen LogP contribution in [0.25, 0.3) is 0 Å². The standard InChI is InChI=1S/C15H17NOS/c1-12(14-8-5-11-18-14)16-15(17)10-9-13-6-3-2-4-7-13/h2-8,11-12H,9-10H2,1H3,(H,16,17). The van der Waals surface area contributed by atoms with Gasteiger partial charge in [-0.15, -0.1) is 11.3 Å². The van der Waals surface area contributed by atoms with E-state index in [1.54, 1.807) is 11.3 Å². The second-order valence-corrected chi connectivity index (χ2v) is 5.27. The first-order valence-electron chi connectivity index (χ1n) is 6.12. The number of carbonyl (C=O) groups is 1. The summed E-state index contributed by atoms with van der Waals surface area (Å²) in [6.45, 7) is 2.02. The van der Waals surface area contributed by atoms with Crippen LogP contribution < -0.4 is 5.32 Å². The summed E-state index contributed by atoms with van der Waals surface area (Å²) in [4.78, 5) is 13.0. The van der Waals surface area contributed by atoms with E-state index in [1.165, 1.54) is 10.4 Å². The van der Waals surface area contributed by atoms with Crippen LogP contribution in [0.2, 0.25) is 0 Å². The van der Waals surface area contributed by atoms with E-state index in [0.717, 1.165) is 6.42 Å². The first-order chi connectivity index (χ1) is 8.75. The Morgan fingerprint density at radius 1 is 1.22 bits per heavy atom. The van der Waals surface area contributed by atoms with Gasteiger partial charge in [0, 0.05) is 11.3 Å². The Hall–Kier alpha value is -1.61. The van der Waals surface area contributed by atoms with Crippen LogP contribution in [0.5, 0.6) is 0 Å². The second kappa shape index (κ2) is 6.36. The van der Waals surface area contributed by atoms with Crippen molar-refractivity contribution in [3.05, 3.63) is 58.3 Å². The van der Waals surface area contributed by atoms with Crippen molar-refractivity contribution in [1.82, 2.24) is 5.32 Å². The third-order valence-electron chi connectivity index (χ3n) is 2.83. The summed E-state index contributed by atoms with van der Waals surface area (Å²) < 4.78 is 0. The highest BCUT2D eigenvalue weighted by Crippen LogP contribution is 2.18. The number of benzene rings is 1. The molecule has 1 aromatic heterocycles. The zero-order valence-corrected chi connectivity index (χ0v) is 11.2. The van der Waals surface area contributed by atoms with Gasteiger partial charge in [0.1, 0.15) is 0 Å². The fraction of sp³-hybridized carbons (Fsp3) is 0.267. The van der Waals surface area contributed by atoms with E-state index >= 15 is 0 Å². The smallest absolute Gasteiger partial charge is 0.220 e. The van der Waals surface area contributed by atoms with Crippen LogP contribution in [-0.4, -0.2) is 5.91 Å². The summed E-state index contributed by atoms with van der Waals surface area (Å²) in [5.74, 6) is 0.111. The number of aryl methyl sites for hydroxylation is 1. The van der Waals surface area contributed by atoms with Gasteiger partial charge in [-0.3, -0.25) is 4.79 Å². The summed E-state index contributed by atoms with van der Waals surface area (Å²) in [6, 6.07) is 14.3. The predicted molar refractivity (Wildman–Crippen MR) is 75.6 cm³/mol. The lowest BCUT2D eigenvalue weighted by atomic mass is 10.1. The number of hydrogen-bond acceptors (Lipinski definition) is 2. The number of carbonyl (C=O) groups excluding carboxylic acids is 1. The summed E-state index contributed by atoms with van der Waals surface area (Å²) in [5, 5.41) is 5.05. The molecule has 0 aliphatic rings. The SMILES string of the molecule is CC(NC(=O)CCc1ccccc1)c1cccs1. The Kier molecular flexibility index (Phi) is 4.53. The quantitative estimate of drug-likeness (QED) is 0.874. The molecule has 18 heavy (non-hydrogen) atoms. The van der Waals surface area contributed by atoms with Crippen LogP contribution in [0.15, 0.2) is 47.8 Å². The highest BCUT2D eigenvalue weighted by atomic mass is 32.1. The van der Waals surface area contributed by atoms with Crippen LogP contribution in [-0.2, 0) is 11.2 Å². The summed E-state index contributed by atoms with van der Waals surface area (Å²) in [5.41, 5.74) is 1.21. The maximum atomic E-state index is 11.8. The molecule has 0 spiro atoms. The molecular weight excluding hydrogens is 242 g/mol. The summed E-state index contributed by atoms with van der Waals surface area (Å²) in [6.07, 6.45) is 1.34. The zero-order chi connectivity index (χ0) is 12.8. The number of nitrogens with one attached hydrogen (secondary N) is 1. The van der Waals surface area contributed by atoms with E-state index in [4.69, 9.17) is 0 Å². The first kappa shape index (κ1) is 12.8. The molecule has 1 aromatic carbocycles. The van der Waals surface area contributed by atoms with Gasteiger partial charge in [0.2, 0.25) is 5.91 Å². The Balaban J connectivity index is 1.79. The predicted octanol–water partition coefficient (Wildman–Crippen LogP) is 3.56. The second-order valence-electron chi connectivity index (χ2n) is 4.29. The van der Waals surface area contributed by atoms with Crippen LogP contribution in [0, 0.1) is 0 Å². The van der Waals surface area contributed by atoms with E-state index in [0.29, 0.717) is 6.42 Å². The lowest BCUT2D eigenvalue weighted by Gasteiger charge is -2.12. The number of hydrogen-bond donors (Lipinski definition) is 1. The molecular formula is C15H17NOS. The number of amides is 1. The molecule has 1 amide bonds. The van der Waals surface area contributed by atoms with E-state index in [1.807, 2.05) is 42.6 Å². The third-order valence-corrected chi connectivity index (χ3v) is 3.89. The highest BCUT2D eigenvalue weighted by Gasteiger charge is 2.09. The lowest BCUT2D eigenvalue weighted by molar-refractivity contribution is -0.121. The molecule has 3 heteroatoms. The maximum Gasteiger partial charge on any atom is 0.220 e. The number of thiophene rings is 1. The van der Waals surface area contributed by atoms with Crippen LogP contribution in [0.4, 0.5) is 0 Å². The van der Waals surface area contributed by atoms with Crippen molar-refractivity contribution in [3.8, 4) is 0 Å². The third kappa shape index (κ3) is 3.70. The largest absolute Gasteiger partial charge is 0.349 e. The molecule has 0 aliphatic carbocycles. The minimum absolute atomic E-state index is 0.105. The van der Waals surface area contributed by atoms with Gasteiger partial charge < -0.3 is 5.32 Å². The van der Waals surface area contributed by atoms with Crippen molar-refractivity contribution in [1.29, 1.82) is 0 Å². The van der Waals surface area contributed by atoms with Crippen molar-refractivity contribution in [2.75, 3.05) is 0 Å². The van der Waals surface area contributed by atoms with Crippen LogP contribution in [0.1, 0.15) is 29.8 Å².